The molecule has 0 saturated heterocycles. The highest BCUT2D eigenvalue weighted by molar-refractivity contribution is 9.10. The first kappa shape index (κ1) is 13.6. The van der Waals surface area contributed by atoms with Gasteiger partial charge in [-0.25, -0.2) is 4.79 Å². The number of carbonyl (C=O) groups is 2. The quantitative estimate of drug-likeness (QED) is 0.867. The number of carboxylic acid groups (broad SMARTS) is 1. The first-order valence-electron chi connectivity index (χ1n) is 6.89. The van der Waals surface area contributed by atoms with Crippen molar-refractivity contribution in [3.05, 3.63) is 33.8 Å². The molecule has 2 fully saturated rings. The number of nitrogens with one attached hydrogen (secondary N) is 1. The summed E-state index contributed by atoms with van der Waals surface area (Å²) >= 11 is 3.26. The molecule has 0 aliphatic heterocycles. The van der Waals surface area contributed by atoms with E-state index in [0.717, 1.165) is 0 Å². The number of carboxylic acids is 1. The van der Waals surface area contributed by atoms with Crippen molar-refractivity contribution >= 4 is 27.8 Å². The second-order valence-corrected chi connectivity index (χ2v) is 6.62. The number of benzene rings is 1. The molecule has 0 atom stereocenters. The van der Waals surface area contributed by atoms with Crippen molar-refractivity contribution in [3.63, 3.8) is 0 Å². The first-order chi connectivity index (χ1) is 9.54. The molecule has 0 unspecified atom stereocenters. The van der Waals surface area contributed by atoms with Crippen LogP contribution in [0.2, 0.25) is 0 Å². The summed E-state index contributed by atoms with van der Waals surface area (Å²) in [6.07, 6.45) is 4.78. The summed E-state index contributed by atoms with van der Waals surface area (Å²) in [6, 6.07) is 4.87. The van der Waals surface area contributed by atoms with Crippen LogP contribution in [0.3, 0.4) is 0 Å². The Hall–Kier alpha value is -1.36. The van der Waals surface area contributed by atoms with Crippen LogP contribution < -0.4 is 5.32 Å². The molecule has 5 heteroatoms. The van der Waals surface area contributed by atoms with E-state index in [4.69, 9.17) is 5.11 Å². The molecule has 4 nitrogen and oxygen atoms in total. The lowest BCUT2D eigenvalue weighted by Crippen LogP contribution is -2.38. The van der Waals surface area contributed by atoms with Gasteiger partial charge in [-0.2, -0.15) is 0 Å². The molecule has 3 rings (SSSR count). The monoisotopic (exact) mass is 337 g/mol. The van der Waals surface area contributed by atoms with Crippen molar-refractivity contribution in [1.29, 1.82) is 0 Å². The third kappa shape index (κ3) is 3.03. The van der Waals surface area contributed by atoms with Crippen molar-refractivity contribution in [1.82, 2.24) is 5.32 Å². The van der Waals surface area contributed by atoms with E-state index in [-0.39, 0.29) is 17.5 Å². The van der Waals surface area contributed by atoms with Gasteiger partial charge in [0.2, 0.25) is 0 Å². The second-order valence-electron chi connectivity index (χ2n) is 5.71. The molecule has 2 N–H and O–H groups in total. The zero-order valence-corrected chi connectivity index (χ0v) is 12.5. The second kappa shape index (κ2) is 5.20. The Labute approximate surface area is 125 Å². The van der Waals surface area contributed by atoms with Gasteiger partial charge in [-0.1, -0.05) is 15.9 Å². The van der Waals surface area contributed by atoms with Gasteiger partial charge >= 0.3 is 5.97 Å². The maximum Gasteiger partial charge on any atom is 0.335 e. The van der Waals surface area contributed by atoms with Gasteiger partial charge in [0.1, 0.15) is 0 Å². The lowest BCUT2D eigenvalue weighted by Gasteiger charge is -2.18. The van der Waals surface area contributed by atoms with Crippen LogP contribution in [0.1, 0.15) is 46.4 Å². The van der Waals surface area contributed by atoms with Crippen molar-refractivity contribution < 1.29 is 14.7 Å². The van der Waals surface area contributed by atoms with Gasteiger partial charge in [0.05, 0.1) is 5.56 Å². The van der Waals surface area contributed by atoms with Gasteiger partial charge in [0.25, 0.3) is 5.91 Å². The van der Waals surface area contributed by atoms with E-state index >= 15 is 0 Å². The Morgan fingerprint density at radius 1 is 1.10 bits per heavy atom. The average Bonchev–Trinajstić information content (AvgIpc) is 3.27. The van der Waals surface area contributed by atoms with Crippen LogP contribution in [-0.2, 0) is 0 Å². The fraction of sp³-hybridized carbons (Fsp3) is 0.467. The number of carbonyl (C=O) groups excluding carboxylic acids is 1. The minimum atomic E-state index is -1.03. The Balaban J connectivity index is 1.77. The molecule has 0 heterocycles. The number of hydrogen-bond acceptors (Lipinski definition) is 2. The van der Waals surface area contributed by atoms with E-state index < -0.39 is 5.97 Å². The molecule has 1 amide bonds. The highest BCUT2D eigenvalue weighted by Crippen LogP contribution is 2.44. The van der Waals surface area contributed by atoms with E-state index in [2.05, 4.69) is 21.2 Å². The van der Waals surface area contributed by atoms with Crippen LogP contribution in [0.5, 0.6) is 0 Å². The molecule has 2 aliphatic rings. The van der Waals surface area contributed by atoms with Crippen molar-refractivity contribution in [2.24, 2.45) is 11.8 Å². The Morgan fingerprint density at radius 2 is 1.65 bits per heavy atom. The Morgan fingerprint density at radius 3 is 2.15 bits per heavy atom. The molecule has 2 saturated carbocycles. The number of amides is 1. The van der Waals surface area contributed by atoms with Gasteiger partial charge < -0.3 is 10.4 Å². The number of aromatic carboxylic acids is 1. The molecule has 1 aromatic rings. The maximum absolute atomic E-state index is 12.3. The van der Waals surface area contributed by atoms with Crippen LogP contribution in [0, 0.1) is 11.8 Å². The molecule has 0 bridgehead atoms. The van der Waals surface area contributed by atoms with Crippen molar-refractivity contribution in [2.75, 3.05) is 0 Å². The van der Waals surface area contributed by atoms with Gasteiger partial charge in [-0.3, -0.25) is 4.79 Å². The van der Waals surface area contributed by atoms with Crippen LogP contribution in [-0.4, -0.2) is 23.0 Å². The molecule has 0 radical (unpaired) electrons. The van der Waals surface area contributed by atoms with Gasteiger partial charge in [-0.05, 0) is 55.7 Å². The normalized spacial score (nSPS) is 18.1. The Kier molecular flexibility index (Phi) is 3.54. The fourth-order valence-electron chi connectivity index (χ4n) is 2.61. The summed E-state index contributed by atoms with van der Waals surface area (Å²) < 4.78 is 0.608. The van der Waals surface area contributed by atoms with Crippen molar-refractivity contribution in [3.8, 4) is 0 Å². The van der Waals surface area contributed by atoms with Crippen molar-refractivity contribution in [2.45, 2.75) is 31.7 Å². The molecule has 2 aliphatic carbocycles. The predicted molar refractivity (Wildman–Crippen MR) is 77.8 cm³/mol. The average molecular weight is 338 g/mol. The third-order valence-electron chi connectivity index (χ3n) is 3.96. The van der Waals surface area contributed by atoms with E-state index in [0.29, 0.717) is 21.9 Å². The van der Waals surface area contributed by atoms with Gasteiger partial charge in [0.15, 0.2) is 0 Å². The Bertz CT molecular complexity index is 552. The third-order valence-corrected chi connectivity index (χ3v) is 4.42. The minimum absolute atomic E-state index is 0.124. The minimum Gasteiger partial charge on any atom is -0.478 e. The summed E-state index contributed by atoms with van der Waals surface area (Å²) in [5.41, 5.74) is 0.530. The van der Waals surface area contributed by atoms with Gasteiger partial charge in [-0.15, -0.1) is 0 Å². The van der Waals surface area contributed by atoms with Crippen LogP contribution in [0.15, 0.2) is 22.7 Å². The van der Waals surface area contributed by atoms with E-state index in [1.54, 1.807) is 6.07 Å². The molecule has 0 spiro atoms. The van der Waals surface area contributed by atoms with Crippen LogP contribution in [0.25, 0.3) is 0 Å². The first-order valence-corrected chi connectivity index (χ1v) is 7.68. The smallest absolute Gasteiger partial charge is 0.335 e. The van der Waals surface area contributed by atoms with E-state index in [1.807, 2.05) is 0 Å². The standard InChI is InChI=1S/C15H16BrNO3/c16-12-6-10(5-11(7-12)15(19)20)14(18)17-13(8-1-2-8)9-3-4-9/h5-9,13H,1-4H2,(H,17,18)(H,19,20). The maximum atomic E-state index is 12.3. The zero-order chi connectivity index (χ0) is 14.3. The highest BCUT2D eigenvalue weighted by atomic mass is 79.9. The lowest BCUT2D eigenvalue weighted by molar-refractivity contribution is 0.0697. The molecule has 20 heavy (non-hydrogen) atoms. The summed E-state index contributed by atoms with van der Waals surface area (Å²) in [5, 5.41) is 12.1. The molecule has 1 aromatic carbocycles. The van der Waals surface area contributed by atoms with Crippen LogP contribution in [0.4, 0.5) is 0 Å². The summed E-state index contributed by atoms with van der Waals surface area (Å²) in [7, 11) is 0. The fourth-order valence-corrected chi connectivity index (χ4v) is 3.10. The van der Waals surface area contributed by atoms with E-state index in [9.17, 15) is 9.59 Å². The molecule has 106 valence electrons. The summed E-state index contributed by atoms with van der Waals surface area (Å²) in [5.74, 6) is 0.0500. The molecular formula is C15H16BrNO3. The predicted octanol–water partition coefficient (Wildman–Crippen LogP) is 3.07. The van der Waals surface area contributed by atoms with E-state index in [1.165, 1.54) is 37.8 Å². The molecule has 0 aromatic heterocycles. The topological polar surface area (TPSA) is 66.4 Å². The zero-order valence-electron chi connectivity index (χ0n) is 10.9. The van der Waals surface area contributed by atoms with Gasteiger partial charge in [0, 0.05) is 16.1 Å². The lowest BCUT2D eigenvalue weighted by atomic mass is 10.1. The van der Waals surface area contributed by atoms with Crippen LogP contribution >= 0.6 is 15.9 Å². The summed E-state index contributed by atoms with van der Waals surface area (Å²) in [4.78, 5) is 23.4. The summed E-state index contributed by atoms with van der Waals surface area (Å²) in [6.45, 7) is 0. The number of hydrogen-bond donors (Lipinski definition) is 2. The highest BCUT2D eigenvalue weighted by Gasteiger charge is 2.42. The molecular weight excluding hydrogens is 322 g/mol. The number of rotatable bonds is 5. The largest absolute Gasteiger partial charge is 0.478 e. The number of halogens is 1. The SMILES string of the molecule is O=C(O)c1cc(Br)cc(C(=O)NC(C2CC2)C2CC2)c1.